The van der Waals surface area contributed by atoms with E-state index in [1.54, 1.807) is 12.1 Å². The number of carboxylic acids is 1. The van der Waals surface area contributed by atoms with E-state index in [0.717, 1.165) is 54.1 Å². The minimum Gasteiger partial charge on any atom is -0.490 e. The van der Waals surface area contributed by atoms with Crippen LogP contribution in [0.15, 0.2) is 72.8 Å². The molecule has 0 aromatic heterocycles. The van der Waals surface area contributed by atoms with Gasteiger partial charge in [-0.25, -0.2) is 4.79 Å². The second-order valence-electron chi connectivity index (χ2n) is 7.96. The average Bonchev–Trinajstić information content (AvgIpc) is 2.80. The predicted molar refractivity (Wildman–Crippen MR) is 121 cm³/mol. The number of nitrogens with zero attached hydrogens (tertiary/aromatic N) is 1. The Morgan fingerprint density at radius 2 is 1.42 bits per heavy atom. The zero-order valence-corrected chi connectivity index (χ0v) is 17.7. The number of carbonyl (C=O) groups is 1. The lowest BCUT2D eigenvalue weighted by molar-refractivity contribution is 0.0697. The van der Waals surface area contributed by atoms with Crippen molar-refractivity contribution in [1.82, 2.24) is 4.90 Å². The van der Waals surface area contributed by atoms with Crippen LogP contribution in [0.2, 0.25) is 0 Å². The minimum absolute atomic E-state index is 0.284. The summed E-state index contributed by atoms with van der Waals surface area (Å²) in [6.07, 6.45) is 2.44. The molecule has 3 aromatic rings. The van der Waals surface area contributed by atoms with Gasteiger partial charge in [0, 0.05) is 13.1 Å². The Balaban J connectivity index is 1.29. The van der Waals surface area contributed by atoms with Gasteiger partial charge in [0.2, 0.25) is 0 Å². The molecule has 0 aliphatic carbocycles. The molecule has 31 heavy (non-hydrogen) atoms. The number of carboxylic acid groups (broad SMARTS) is 1. The highest BCUT2D eigenvalue weighted by atomic mass is 16.5. The van der Waals surface area contributed by atoms with E-state index in [-0.39, 0.29) is 5.56 Å². The summed E-state index contributed by atoms with van der Waals surface area (Å²) in [5.41, 5.74) is 3.35. The van der Waals surface area contributed by atoms with Crippen molar-refractivity contribution in [2.45, 2.75) is 25.6 Å². The number of likely N-dealkylation sites (tertiary alicyclic amines) is 1. The van der Waals surface area contributed by atoms with Crippen LogP contribution in [0.25, 0.3) is 11.1 Å². The van der Waals surface area contributed by atoms with Gasteiger partial charge in [0.05, 0.1) is 5.56 Å². The summed E-state index contributed by atoms with van der Waals surface area (Å²) in [4.78, 5) is 13.3. The molecule has 4 rings (SSSR count). The van der Waals surface area contributed by atoms with Crippen molar-refractivity contribution >= 4 is 5.97 Å². The summed E-state index contributed by atoms with van der Waals surface area (Å²) in [6, 6.07) is 22.8. The van der Waals surface area contributed by atoms with Crippen molar-refractivity contribution in [2.75, 3.05) is 20.1 Å². The van der Waals surface area contributed by atoms with Crippen molar-refractivity contribution < 1.29 is 19.4 Å². The highest BCUT2D eigenvalue weighted by Crippen LogP contribution is 2.24. The number of hydrogen-bond acceptors (Lipinski definition) is 4. The maximum atomic E-state index is 11.0. The topological polar surface area (TPSA) is 59.0 Å². The van der Waals surface area contributed by atoms with Crippen LogP contribution in [-0.4, -0.2) is 42.2 Å². The van der Waals surface area contributed by atoms with Crippen LogP contribution in [0.5, 0.6) is 11.5 Å². The second-order valence-corrected chi connectivity index (χ2v) is 7.96. The Morgan fingerprint density at radius 3 is 2.00 bits per heavy atom. The van der Waals surface area contributed by atoms with Gasteiger partial charge in [0.25, 0.3) is 0 Å². The third-order valence-corrected chi connectivity index (χ3v) is 5.62. The van der Waals surface area contributed by atoms with Gasteiger partial charge in [-0.05, 0) is 73.0 Å². The molecule has 0 amide bonds. The van der Waals surface area contributed by atoms with E-state index in [9.17, 15) is 4.79 Å². The third-order valence-electron chi connectivity index (χ3n) is 5.62. The number of benzene rings is 3. The number of hydrogen-bond donors (Lipinski definition) is 1. The van der Waals surface area contributed by atoms with Gasteiger partial charge >= 0.3 is 5.97 Å². The first-order chi connectivity index (χ1) is 15.1. The van der Waals surface area contributed by atoms with Crippen molar-refractivity contribution in [3.8, 4) is 22.6 Å². The Hall–Kier alpha value is -3.31. The number of rotatable bonds is 7. The molecule has 0 unspecified atom stereocenters. The monoisotopic (exact) mass is 417 g/mol. The summed E-state index contributed by atoms with van der Waals surface area (Å²) >= 11 is 0. The number of aromatic carboxylic acids is 1. The zero-order chi connectivity index (χ0) is 21.6. The maximum absolute atomic E-state index is 11.0. The van der Waals surface area contributed by atoms with Gasteiger partial charge in [0.1, 0.15) is 24.2 Å². The molecule has 1 heterocycles. The summed E-state index contributed by atoms with van der Waals surface area (Å²) in [5, 5.41) is 9.01. The van der Waals surface area contributed by atoms with E-state index in [2.05, 4.69) is 11.9 Å². The molecule has 1 saturated heterocycles. The average molecular weight is 418 g/mol. The SMILES string of the molecule is CN1CCC(Oc2ccc(COc3ccc(-c4ccc(C(=O)O)cc4)cc3)cc2)CC1. The molecule has 160 valence electrons. The lowest BCUT2D eigenvalue weighted by Gasteiger charge is -2.29. The van der Waals surface area contributed by atoms with Crippen LogP contribution in [0.1, 0.15) is 28.8 Å². The highest BCUT2D eigenvalue weighted by molar-refractivity contribution is 5.88. The smallest absolute Gasteiger partial charge is 0.335 e. The largest absolute Gasteiger partial charge is 0.490 e. The Morgan fingerprint density at radius 1 is 0.871 bits per heavy atom. The number of ether oxygens (including phenoxy) is 2. The molecule has 3 aromatic carbocycles. The molecule has 1 fully saturated rings. The van der Waals surface area contributed by atoms with Gasteiger partial charge < -0.3 is 19.5 Å². The fourth-order valence-electron chi connectivity index (χ4n) is 3.67. The molecule has 0 radical (unpaired) electrons. The van der Waals surface area contributed by atoms with E-state index in [1.807, 2.05) is 60.7 Å². The summed E-state index contributed by atoms with van der Waals surface area (Å²) < 4.78 is 12.0. The zero-order valence-electron chi connectivity index (χ0n) is 17.7. The van der Waals surface area contributed by atoms with Crippen LogP contribution in [-0.2, 0) is 6.61 Å². The molecule has 0 atom stereocenters. The summed E-state index contributed by atoms with van der Waals surface area (Å²) in [7, 11) is 2.15. The molecule has 0 spiro atoms. The molecular weight excluding hydrogens is 390 g/mol. The van der Waals surface area contributed by atoms with Gasteiger partial charge in [-0.2, -0.15) is 0 Å². The first-order valence-electron chi connectivity index (χ1n) is 10.6. The standard InChI is InChI=1S/C26H27NO4/c1-27-16-14-25(15-17-27)31-24-10-2-19(3-11-24)18-30-23-12-8-21(9-13-23)20-4-6-22(7-5-20)26(28)29/h2-13,25H,14-18H2,1H3,(H,28,29). The Kier molecular flexibility index (Phi) is 6.53. The van der Waals surface area contributed by atoms with E-state index in [1.165, 1.54) is 0 Å². The maximum Gasteiger partial charge on any atom is 0.335 e. The van der Waals surface area contributed by atoms with Gasteiger partial charge in [-0.3, -0.25) is 0 Å². The van der Waals surface area contributed by atoms with Gasteiger partial charge in [-0.15, -0.1) is 0 Å². The first kappa shape index (κ1) is 20.9. The summed E-state index contributed by atoms with van der Waals surface area (Å²) in [6.45, 7) is 2.66. The van der Waals surface area contributed by atoms with Crippen LogP contribution in [0, 0.1) is 0 Å². The van der Waals surface area contributed by atoms with Crippen molar-refractivity contribution in [2.24, 2.45) is 0 Å². The molecule has 0 bridgehead atoms. The fraction of sp³-hybridized carbons (Fsp3) is 0.269. The lowest BCUT2D eigenvalue weighted by atomic mass is 10.0. The predicted octanol–water partition coefficient (Wildman–Crippen LogP) is 5.10. The Bertz CT molecular complexity index is 989. The van der Waals surface area contributed by atoms with Crippen molar-refractivity contribution in [1.29, 1.82) is 0 Å². The van der Waals surface area contributed by atoms with E-state index < -0.39 is 5.97 Å². The third kappa shape index (κ3) is 5.64. The molecule has 5 nitrogen and oxygen atoms in total. The first-order valence-corrected chi connectivity index (χ1v) is 10.6. The Labute approximate surface area is 182 Å². The van der Waals surface area contributed by atoms with E-state index in [0.29, 0.717) is 12.7 Å². The lowest BCUT2D eigenvalue weighted by Crippen LogP contribution is -2.35. The fourth-order valence-corrected chi connectivity index (χ4v) is 3.67. The van der Waals surface area contributed by atoms with Crippen LogP contribution in [0.4, 0.5) is 0 Å². The van der Waals surface area contributed by atoms with E-state index in [4.69, 9.17) is 14.6 Å². The van der Waals surface area contributed by atoms with Gasteiger partial charge in [0.15, 0.2) is 0 Å². The molecule has 1 N–H and O–H groups in total. The molecule has 0 saturated carbocycles. The normalized spacial score (nSPS) is 14.9. The van der Waals surface area contributed by atoms with Crippen molar-refractivity contribution in [3.05, 3.63) is 83.9 Å². The van der Waals surface area contributed by atoms with Crippen LogP contribution < -0.4 is 9.47 Å². The van der Waals surface area contributed by atoms with Crippen LogP contribution in [0.3, 0.4) is 0 Å². The molecule has 1 aliphatic rings. The van der Waals surface area contributed by atoms with Crippen molar-refractivity contribution in [3.63, 3.8) is 0 Å². The summed E-state index contributed by atoms with van der Waals surface area (Å²) in [5.74, 6) is 0.783. The molecule has 5 heteroatoms. The number of piperidine rings is 1. The molecule has 1 aliphatic heterocycles. The van der Waals surface area contributed by atoms with Gasteiger partial charge in [-0.1, -0.05) is 36.4 Å². The highest BCUT2D eigenvalue weighted by Gasteiger charge is 2.17. The van der Waals surface area contributed by atoms with Crippen LogP contribution >= 0.6 is 0 Å². The van der Waals surface area contributed by atoms with E-state index >= 15 is 0 Å². The second kappa shape index (κ2) is 9.67. The quantitative estimate of drug-likeness (QED) is 0.579. The minimum atomic E-state index is -0.920. The molecular formula is C26H27NO4.